The van der Waals surface area contributed by atoms with E-state index in [0.29, 0.717) is 5.46 Å². The largest absolute Gasteiger partial charge is 0.488 e. The Balaban J connectivity index is 2.85. The molecule has 1 rings (SSSR count). The predicted octanol–water partition coefficient (Wildman–Crippen LogP) is 0.790. The Morgan fingerprint density at radius 2 is 2.15 bits per heavy atom. The first-order valence-electron chi connectivity index (χ1n) is 4.36. The van der Waals surface area contributed by atoms with Crippen LogP contribution in [0.2, 0.25) is 0 Å². The van der Waals surface area contributed by atoms with Crippen molar-refractivity contribution < 1.29 is 10.0 Å². The summed E-state index contributed by atoms with van der Waals surface area (Å²) in [6.45, 7) is 2.06. The van der Waals surface area contributed by atoms with E-state index in [0.717, 1.165) is 12.0 Å². The molecule has 0 bridgehead atoms. The molecule has 0 saturated carbocycles. The van der Waals surface area contributed by atoms with E-state index in [1.54, 1.807) is 12.1 Å². The Bertz CT molecular complexity index is 295. The summed E-state index contributed by atoms with van der Waals surface area (Å²) < 4.78 is 0. The Morgan fingerprint density at radius 1 is 1.38 bits per heavy atom. The Labute approximate surface area is 78.7 Å². The third-order valence-corrected chi connectivity index (χ3v) is 1.75. The van der Waals surface area contributed by atoms with Gasteiger partial charge in [0, 0.05) is 0 Å². The van der Waals surface area contributed by atoms with Crippen LogP contribution < -0.4 is 5.46 Å². The summed E-state index contributed by atoms with van der Waals surface area (Å²) in [6.07, 6.45) is 4.97. The first-order chi connectivity index (χ1) is 6.24. The lowest BCUT2D eigenvalue weighted by Crippen LogP contribution is -2.29. The van der Waals surface area contributed by atoms with Crippen molar-refractivity contribution in [3.8, 4) is 0 Å². The smallest absolute Gasteiger partial charge is 0.423 e. The van der Waals surface area contributed by atoms with Crippen molar-refractivity contribution in [3.63, 3.8) is 0 Å². The van der Waals surface area contributed by atoms with Crippen molar-refractivity contribution in [3.05, 3.63) is 35.9 Å². The molecule has 0 spiro atoms. The summed E-state index contributed by atoms with van der Waals surface area (Å²) in [5.74, 6) is 0. The zero-order valence-electron chi connectivity index (χ0n) is 7.64. The van der Waals surface area contributed by atoms with Crippen LogP contribution in [-0.4, -0.2) is 17.2 Å². The maximum Gasteiger partial charge on any atom is 0.488 e. The second kappa shape index (κ2) is 4.85. The Kier molecular flexibility index (Phi) is 3.74. The zero-order valence-corrected chi connectivity index (χ0v) is 7.64. The second-order valence-corrected chi connectivity index (χ2v) is 2.85. The molecule has 0 saturated heterocycles. The Morgan fingerprint density at radius 3 is 2.77 bits per heavy atom. The standard InChI is InChI=1S/C10H13BO2/c1-2-3-5-9-6-4-7-10(8-9)11(12)13/h3-8,12-13H,2H2,1H3/b5-3+. The molecule has 0 radical (unpaired) electrons. The van der Waals surface area contributed by atoms with Crippen LogP contribution >= 0.6 is 0 Å². The molecular weight excluding hydrogens is 163 g/mol. The first-order valence-corrected chi connectivity index (χ1v) is 4.36. The molecule has 0 aliphatic carbocycles. The maximum absolute atomic E-state index is 8.91. The third kappa shape index (κ3) is 3.05. The van der Waals surface area contributed by atoms with Gasteiger partial charge < -0.3 is 10.0 Å². The molecular formula is C10H13BO2. The van der Waals surface area contributed by atoms with Gasteiger partial charge >= 0.3 is 7.12 Å². The van der Waals surface area contributed by atoms with Crippen LogP contribution in [0.25, 0.3) is 6.08 Å². The molecule has 0 fully saturated rings. The van der Waals surface area contributed by atoms with Gasteiger partial charge in [0.1, 0.15) is 0 Å². The molecule has 0 aliphatic rings. The monoisotopic (exact) mass is 176 g/mol. The van der Waals surface area contributed by atoms with Crippen LogP contribution in [0, 0.1) is 0 Å². The van der Waals surface area contributed by atoms with Crippen LogP contribution in [0.3, 0.4) is 0 Å². The topological polar surface area (TPSA) is 40.5 Å². The molecule has 1 aromatic carbocycles. The molecule has 0 heterocycles. The highest BCUT2D eigenvalue weighted by Gasteiger charge is 2.09. The number of rotatable bonds is 3. The number of hydrogen-bond acceptors (Lipinski definition) is 2. The number of allylic oxidation sites excluding steroid dienone is 1. The van der Waals surface area contributed by atoms with Crippen molar-refractivity contribution in [1.29, 1.82) is 0 Å². The molecule has 1 aromatic rings. The summed E-state index contributed by atoms with van der Waals surface area (Å²) in [7, 11) is -1.38. The molecule has 0 aliphatic heterocycles. The molecule has 0 unspecified atom stereocenters. The maximum atomic E-state index is 8.91. The highest BCUT2D eigenvalue weighted by atomic mass is 16.4. The molecule has 0 amide bonds. The quantitative estimate of drug-likeness (QED) is 0.668. The van der Waals surface area contributed by atoms with Gasteiger partial charge in [0.2, 0.25) is 0 Å². The fraction of sp³-hybridized carbons (Fsp3) is 0.200. The van der Waals surface area contributed by atoms with Crippen LogP contribution in [-0.2, 0) is 0 Å². The van der Waals surface area contributed by atoms with Gasteiger partial charge in [0.05, 0.1) is 0 Å². The lowest BCUT2D eigenvalue weighted by Gasteiger charge is -1.99. The van der Waals surface area contributed by atoms with Gasteiger partial charge in [-0.25, -0.2) is 0 Å². The minimum Gasteiger partial charge on any atom is -0.423 e. The van der Waals surface area contributed by atoms with Crippen LogP contribution in [0.1, 0.15) is 18.9 Å². The SMILES string of the molecule is CC/C=C/c1cccc(B(O)O)c1. The predicted molar refractivity (Wildman–Crippen MR) is 55.6 cm³/mol. The molecule has 68 valence electrons. The van der Waals surface area contributed by atoms with Gasteiger partial charge in [-0.3, -0.25) is 0 Å². The van der Waals surface area contributed by atoms with Crippen molar-refractivity contribution >= 4 is 18.7 Å². The summed E-state index contributed by atoms with van der Waals surface area (Å²) in [5.41, 5.74) is 1.52. The van der Waals surface area contributed by atoms with Crippen molar-refractivity contribution in [2.24, 2.45) is 0 Å². The second-order valence-electron chi connectivity index (χ2n) is 2.85. The lowest BCUT2D eigenvalue weighted by atomic mass is 9.79. The highest BCUT2D eigenvalue weighted by Crippen LogP contribution is 2.00. The van der Waals surface area contributed by atoms with E-state index >= 15 is 0 Å². The minimum absolute atomic E-state index is 0.526. The summed E-state index contributed by atoms with van der Waals surface area (Å²) in [5, 5.41) is 17.8. The van der Waals surface area contributed by atoms with Gasteiger partial charge in [-0.05, 0) is 17.4 Å². The molecule has 13 heavy (non-hydrogen) atoms. The van der Waals surface area contributed by atoms with Gasteiger partial charge in [0.25, 0.3) is 0 Å². The van der Waals surface area contributed by atoms with E-state index < -0.39 is 7.12 Å². The van der Waals surface area contributed by atoms with E-state index in [1.165, 1.54) is 0 Å². The van der Waals surface area contributed by atoms with Crippen molar-refractivity contribution in [1.82, 2.24) is 0 Å². The van der Waals surface area contributed by atoms with E-state index in [4.69, 9.17) is 10.0 Å². The summed E-state index contributed by atoms with van der Waals surface area (Å²) in [4.78, 5) is 0. The number of benzene rings is 1. The van der Waals surface area contributed by atoms with E-state index in [9.17, 15) is 0 Å². The lowest BCUT2D eigenvalue weighted by molar-refractivity contribution is 0.426. The van der Waals surface area contributed by atoms with Gasteiger partial charge in [-0.2, -0.15) is 0 Å². The van der Waals surface area contributed by atoms with E-state index in [-0.39, 0.29) is 0 Å². The van der Waals surface area contributed by atoms with E-state index in [1.807, 2.05) is 24.3 Å². The molecule has 2 nitrogen and oxygen atoms in total. The number of hydrogen-bond donors (Lipinski definition) is 2. The normalized spacial score (nSPS) is 10.7. The molecule has 0 atom stereocenters. The molecule has 3 heteroatoms. The van der Waals surface area contributed by atoms with Crippen molar-refractivity contribution in [2.75, 3.05) is 0 Å². The van der Waals surface area contributed by atoms with Crippen LogP contribution in [0.4, 0.5) is 0 Å². The Hall–Kier alpha value is -1.06. The summed E-state index contributed by atoms with van der Waals surface area (Å²) >= 11 is 0. The average molecular weight is 176 g/mol. The van der Waals surface area contributed by atoms with Crippen LogP contribution in [0.5, 0.6) is 0 Å². The first kappa shape index (κ1) is 10.0. The molecule has 2 N–H and O–H groups in total. The zero-order chi connectivity index (χ0) is 9.68. The average Bonchev–Trinajstić information content (AvgIpc) is 2.15. The highest BCUT2D eigenvalue weighted by molar-refractivity contribution is 6.58. The van der Waals surface area contributed by atoms with Crippen LogP contribution in [0.15, 0.2) is 30.3 Å². The van der Waals surface area contributed by atoms with Crippen molar-refractivity contribution in [2.45, 2.75) is 13.3 Å². The minimum atomic E-state index is -1.38. The van der Waals surface area contributed by atoms with Gasteiger partial charge in [-0.15, -0.1) is 0 Å². The van der Waals surface area contributed by atoms with Gasteiger partial charge in [-0.1, -0.05) is 43.3 Å². The summed E-state index contributed by atoms with van der Waals surface area (Å²) in [6, 6.07) is 7.19. The van der Waals surface area contributed by atoms with E-state index in [2.05, 4.69) is 6.92 Å². The molecule has 0 aromatic heterocycles. The fourth-order valence-electron chi connectivity index (χ4n) is 1.08. The fourth-order valence-corrected chi connectivity index (χ4v) is 1.08. The van der Waals surface area contributed by atoms with Gasteiger partial charge in [0.15, 0.2) is 0 Å². The third-order valence-electron chi connectivity index (χ3n) is 1.75.